The highest BCUT2D eigenvalue weighted by molar-refractivity contribution is 5.58. The Labute approximate surface area is 73.3 Å². The third-order valence-electron chi connectivity index (χ3n) is 1.98. The second kappa shape index (κ2) is 3.48. The van der Waals surface area contributed by atoms with Gasteiger partial charge in [0.1, 0.15) is 5.75 Å². The van der Waals surface area contributed by atoms with Crippen LogP contribution in [0, 0.1) is 13.8 Å². The minimum absolute atomic E-state index is 0.684. The van der Waals surface area contributed by atoms with Crippen molar-refractivity contribution in [2.75, 3.05) is 12.3 Å². The Balaban J connectivity index is 3.08. The van der Waals surface area contributed by atoms with Crippen LogP contribution < -0.4 is 10.5 Å². The van der Waals surface area contributed by atoms with Crippen LogP contribution in [-0.2, 0) is 0 Å². The van der Waals surface area contributed by atoms with E-state index in [0.29, 0.717) is 6.61 Å². The highest BCUT2D eigenvalue weighted by Gasteiger charge is 2.03. The summed E-state index contributed by atoms with van der Waals surface area (Å²) in [6.45, 7) is 6.63. The largest absolute Gasteiger partial charge is 0.494 e. The van der Waals surface area contributed by atoms with Crippen LogP contribution in [0.5, 0.6) is 5.75 Å². The zero-order valence-electron chi connectivity index (χ0n) is 7.85. The Bertz CT molecular complexity index is 281. The Morgan fingerprint density at radius 3 is 2.58 bits per heavy atom. The number of hydrogen-bond donors (Lipinski definition) is 1. The van der Waals surface area contributed by atoms with Crippen LogP contribution in [-0.4, -0.2) is 6.61 Å². The highest BCUT2D eigenvalue weighted by Crippen LogP contribution is 2.26. The fraction of sp³-hybridized carbons (Fsp3) is 0.400. The Morgan fingerprint density at radius 2 is 2.00 bits per heavy atom. The summed E-state index contributed by atoms with van der Waals surface area (Å²) in [6.07, 6.45) is 0. The van der Waals surface area contributed by atoms with Gasteiger partial charge >= 0.3 is 0 Å². The molecule has 0 atom stereocenters. The van der Waals surface area contributed by atoms with Gasteiger partial charge in [0, 0.05) is 11.3 Å². The third-order valence-corrected chi connectivity index (χ3v) is 1.98. The van der Waals surface area contributed by atoms with Crippen molar-refractivity contribution in [2.45, 2.75) is 20.8 Å². The molecule has 0 radical (unpaired) electrons. The van der Waals surface area contributed by atoms with E-state index in [4.69, 9.17) is 10.5 Å². The molecule has 2 heteroatoms. The zero-order valence-corrected chi connectivity index (χ0v) is 7.85. The number of aryl methyl sites for hydroxylation is 1. The first-order valence-corrected chi connectivity index (χ1v) is 4.15. The monoisotopic (exact) mass is 165 g/mol. The molecule has 0 saturated heterocycles. The molecule has 0 aromatic heterocycles. The molecule has 2 N–H and O–H groups in total. The average Bonchev–Trinajstić information content (AvgIpc) is 2.07. The number of nitrogens with two attached hydrogens (primary N) is 1. The SMILES string of the molecule is CCOc1ccc(C)c(N)c1C. The quantitative estimate of drug-likeness (QED) is 0.682. The molecule has 0 bridgehead atoms. The minimum Gasteiger partial charge on any atom is -0.494 e. The molecule has 0 spiro atoms. The smallest absolute Gasteiger partial charge is 0.124 e. The molecule has 0 unspecified atom stereocenters. The fourth-order valence-corrected chi connectivity index (χ4v) is 1.16. The zero-order chi connectivity index (χ0) is 9.14. The summed E-state index contributed by atoms with van der Waals surface area (Å²) < 4.78 is 5.39. The maximum absolute atomic E-state index is 5.83. The average molecular weight is 165 g/mol. The summed E-state index contributed by atoms with van der Waals surface area (Å²) in [5.41, 5.74) is 8.81. The van der Waals surface area contributed by atoms with E-state index >= 15 is 0 Å². The molecule has 2 nitrogen and oxygen atoms in total. The van der Waals surface area contributed by atoms with Gasteiger partial charge in [-0.25, -0.2) is 0 Å². The van der Waals surface area contributed by atoms with Crippen LogP contribution in [0.1, 0.15) is 18.1 Å². The second-order valence-electron chi connectivity index (χ2n) is 2.85. The molecular weight excluding hydrogens is 150 g/mol. The van der Waals surface area contributed by atoms with Crippen LogP contribution >= 0.6 is 0 Å². The second-order valence-corrected chi connectivity index (χ2v) is 2.85. The Morgan fingerprint density at radius 1 is 1.33 bits per heavy atom. The Kier molecular flexibility index (Phi) is 2.58. The van der Waals surface area contributed by atoms with Gasteiger partial charge in [-0.3, -0.25) is 0 Å². The molecule has 0 amide bonds. The molecule has 0 aliphatic carbocycles. The first-order valence-electron chi connectivity index (χ1n) is 4.15. The van der Waals surface area contributed by atoms with E-state index in [9.17, 15) is 0 Å². The van der Waals surface area contributed by atoms with Gasteiger partial charge in [0.15, 0.2) is 0 Å². The lowest BCUT2D eigenvalue weighted by atomic mass is 10.1. The van der Waals surface area contributed by atoms with Crippen LogP contribution in [0.3, 0.4) is 0 Å². The number of nitrogen functional groups attached to an aromatic ring is 1. The summed E-state index contributed by atoms with van der Waals surface area (Å²) in [5, 5.41) is 0. The fourth-order valence-electron chi connectivity index (χ4n) is 1.16. The minimum atomic E-state index is 0.684. The van der Waals surface area contributed by atoms with Gasteiger partial charge in [0.25, 0.3) is 0 Å². The van der Waals surface area contributed by atoms with Gasteiger partial charge in [0.2, 0.25) is 0 Å². The van der Waals surface area contributed by atoms with Gasteiger partial charge < -0.3 is 10.5 Å². The van der Waals surface area contributed by atoms with Crippen molar-refractivity contribution in [1.82, 2.24) is 0 Å². The van der Waals surface area contributed by atoms with Crippen molar-refractivity contribution in [1.29, 1.82) is 0 Å². The summed E-state index contributed by atoms with van der Waals surface area (Å²) in [5.74, 6) is 0.889. The lowest BCUT2D eigenvalue weighted by Crippen LogP contribution is -1.99. The van der Waals surface area contributed by atoms with E-state index < -0.39 is 0 Å². The van der Waals surface area contributed by atoms with Crippen LogP contribution in [0.25, 0.3) is 0 Å². The predicted molar refractivity (Wildman–Crippen MR) is 51.5 cm³/mol. The molecule has 12 heavy (non-hydrogen) atoms. The predicted octanol–water partition coefficient (Wildman–Crippen LogP) is 2.28. The molecule has 0 saturated carbocycles. The van der Waals surface area contributed by atoms with E-state index in [1.54, 1.807) is 0 Å². The van der Waals surface area contributed by atoms with Crippen molar-refractivity contribution < 1.29 is 4.74 Å². The van der Waals surface area contributed by atoms with E-state index in [-0.39, 0.29) is 0 Å². The van der Waals surface area contributed by atoms with Crippen molar-refractivity contribution in [3.8, 4) is 5.75 Å². The summed E-state index contributed by atoms with van der Waals surface area (Å²) >= 11 is 0. The summed E-state index contributed by atoms with van der Waals surface area (Å²) in [4.78, 5) is 0. The van der Waals surface area contributed by atoms with E-state index in [0.717, 1.165) is 22.6 Å². The van der Waals surface area contributed by atoms with Crippen molar-refractivity contribution in [2.24, 2.45) is 0 Å². The van der Waals surface area contributed by atoms with Gasteiger partial charge in [-0.1, -0.05) is 6.07 Å². The first kappa shape index (κ1) is 8.91. The molecule has 0 fully saturated rings. The summed E-state index contributed by atoms with van der Waals surface area (Å²) in [7, 11) is 0. The molecule has 1 rings (SSSR count). The standard InChI is InChI=1S/C10H15NO/c1-4-12-9-6-5-7(2)10(11)8(9)3/h5-6H,4,11H2,1-3H3. The summed E-state index contributed by atoms with van der Waals surface area (Å²) in [6, 6.07) is 3.94. The van der Waals surface area contributed by atoms with Crippen molar-refractivity contribution in [3.63, 3.8) is 0 Å². The molecule has 1 aromatic carbocycles. The molecule has 1 aromatic rings. The van der Waals surface area contributed by atoms with Gasteiger partial charge in [0.05, 0.1) is 6.61 Å². The van der Waals surface area contributed by atoms with Crippen molar-refractivity contribution >= 4 is 5.69 Å². The molecular formula is C10H15NO. The number of anilines is 1. The normalized spacial score (nSPS) is 9.92. The molecule has 66 valence electrons. The Hall–Kier alpha value is -1.18. The number of benzene rings is 1. The topological polar surface area (TPSA) is 35.2 Å². The van der Waals surface area contributed by atoms with Gasteiger partial charge in [-0.2, -0.15) is 0 Å². The van der Waals surface area contributed by atoms with E-state index in [1.165, 1.54) is 0 Å². The van der Waals surface area contributed by atoms with E-state index in [2.05, 4.69) is 0 Å². The maximum atomic E-state index is 5.83. The third kappa shape index (κ3) is 1.52. The van der Waals surface area contributed by atoms with E-state index in [1.807, 2.05) is 32.9 Å². The maximum Gasteiger partial charge on any atom is 0.124 e. The van der Waals surface area contributed by atoms with Gasteiger partial charge in [-0.15, -0.1) is 0 Å². The number of ether oxygens (including phenoxy) is 1. The molecule has 0 heterocycles. The van der Waals surface area contributed by atoms with Crippen molar-refractivity contribution in [3.05, 3.63) is 23.3 Å². The highest BCUT2D eigenvalue weighted by atomic mass is 16.5. The lowest BCUT2D eigenvalue weighted by molar-refractivity contribution is 0.338. The number of rotatable bonds is 2. The first-order chi connectivity index (χ1) is 5.66. The lowest BCUT2D eigenvalue weighted by Gasteiger charge is -2.10. The number of hydrogen-bond acceptors (Lipinski definition) is 2. The molecule has 0 aliphatic rings. The molecule has 0 aliphatic heterocycles. The van der Waals surface area contributed by atoms with Crippen LogP contribution in [0.4, 0.5) is 5.69 Å². The van der Waals surface area contributed by atoms with Crippen LogP contribution in [0.15, 0.2) is 12.1 Å². The van der Waals surface area contributed by atoms with Crippen LogP contribution in [0.2, 0.25) is 0 Å². The van der Waals surface area contributed by atoms with Gasteiger partial charge in [-0.05, 0) is 32.4 Å².